The van der Waals surface area contributed by atoms with E-state index in [9.17, 15) is 9.18 Å². The lowest BCUT2D eigenvalue weighted by Gasteiger charge is -2.16. The largest absolute Gasteiger partial charge is 0.376 e. The van der Waals surface area contributed by atoms with Crippen LogP contribution in [0.4, 0.5) is 10.1 Å². The Morgan fingerprint density at radius 3 is 3.00 bits per heavy atom. The highest BCUT2D eigenvalue weighted by Gasteiger charge is 2.23. The molecule has 0 bridgehead atoms. The molecule has 1 aliphatic heterocycles. The normalized spacial score (nSPS) is 18.1. The summed E-state index contributed by atoms with van der Waals surface area (Å²) >= 11 is 1.41. The molecular weight excluding hydrogens is 353 g/mol. The molecule has 2 heterocycles. The minimum atomic E-state index is -0.374. The van der Waals surface area contributed by atoms with Crippen molar-refractivity contribution in [3.8, 4) is 0 Å². The fourth-order valence-corrected chi connectivity index (χ4v) is 3.95. The van der Waals surface area contributed by atoms with Crippen LogP contribution < -0.4 is 5.32 Å². The second-order valence-corrected chi connectivity index (χ2v) is 7.88. The lowest BCUT2D eigenvalue weighted by molar-refractivity contribution is -0.115. The van der Waals surface area contributed by atoms with Crippen LogP contribution in [-0.4, -0.2) is 33.4 Å². The molecule has 1 fully saturated rings. The third-order valence-electron chi connectivity index (χ3n) is 4.58. The van der Waals surface area contributed by atoms with E-state index in [1.165, 1.54) is 23.9 Å². The molecule has 2 aromatic rings. The number of imidazole rings is 1. The number of carbonyl (C=O) groups excluding carboxylic acids is 1. The molecule has 1 amide bonds. The fraction of sp³-hybridized carbons (Fsp3) is 0.474. The van der Waals surface area contributed by atoms with E-state index in [1.54, 1.807) is 12.1 Å². The zero-order valence-electron chi connectivity index (χ0n) is 15.3. The molecule has 0 radical (unpaired) electrons. The average molecular weight is 377 g/mol. The smallest absolute Gasteiger partial charge is 0.237 e. The Morgan fingerprint density at radius 1 is 1.50 bits per heavy atom. The van der Waals surface area contributed by atoms with Crippen molar-refractivity contribution in [2.45, 2.75) is 56.7 Å². The number of nitrogens with zero attached hydrogens (tertiary/aromatic N) is 2. The maximum Gasteiger partial charge on any atom is 0.237 e. The topological polar surface area (TPSA) is 56.2 Å². The van der Waals surface area contributed by atoms with Crippen LogP contribution in [0, 0.1) is 19.7 Å². The van der Waals surface area contributed by atoms with Crippen molar-refractivity contribution >= 4 is 23.4 Å². The zero-order valence-corrected chi connectivity index (χ0v) is 16.1. The lowest BCUT2D eigenvalue weighted by atomic mass is 10.2. The first kappa shape index (κ1) is 18.9. The van der Waals surface area contributed by atoms with Crippen molar-refractivity contribution in [2.75, 3.05) is 11.9 Å². The lowest BCUT2D eigenvalue weighted by Crippen LogP contribution is -2.23. The van der Waals surface area contributed by atoms with Crippen LogP contribution in [0.2, 0.25) is 0 Å². The molecule has 2 atom stereocenters. The third kappa shape index (κ3) is 4.45. The van der Waals surface area contributed by atoms with Crippen LogP contribution in [0.3, 0.4) is 0 Å². The molecule has 0 saturated carbocycles. The van der Waals surface area contributed by atoms with E-state index in [2.05, 4.69) is 14.9 Å². The van der Waals surface area contributed by atoms with Crippen LogP contribution in [0.15, 0.2) is 29.4 Å². The van der Waals surface area contributed by atoms with E-state index >= 15 is 0 Å². The minimum absolute atomic E-state index is 0.178. The summed E-state index contributed by atoms with van der Waals surface area (Å²) in [6.45, 7) is 7.41. The van der Waals surface area contributed by atoms with Gasteiger partial charge in [-0.1, -0.05) is 17.8 Å². The number of thioether (sulfide) groups is 1. The van der Waals surface area contributed by atoms with Gasteiger partial charge in [0.2, 0.25) is 5.91 Å². The summed E-state index contributed by atoms with van der Waals surface area (Å²) in [6.07, 6.45) is 2.35. The number of hydrogen-bond acceptors (Lipinski definition) is 4. The number of ether oxygens (including phenoxy) is 1. The maximum atomic E-state index is 13.3. The number of nitrogens with one attached hydrogen (secondary N) is 1. The summed E-state index contributed by atoms with van der Waals surface area (Å²) in [5.74, 6) is -0.552. The Kier molecular flexibility index (Phi) is 5.98. The van der Waals surface area contributed by atoms with E-state index < -0.39 is 0 Å². The number of halogens is 1. The van der Waals surface area contributed by atoms with Crippen LogP contribution in [0.25, 0.3) is 0 Å². The fourth-order valence-electron chi connectivity index (χ4n) is 2.94. The Labute approximate surface area is 157 Å². The molecule has 0 unspecified atom stereocenters. The van der Waals surface area contributed by atoms with Crippen LogP contribution >= 0.6 is 11.8 Å². The molecule has 3 rings (SSSR count). The quantitative estimate of drug-likeness (QED) is 0.775. The number of benzene rings is 1. The van der Waals surface area contributed by atoms with E-state index in [0.29, 0.717) is 5.69 Å². The van der Waals surface area contributed by atoms with Crippen molar-refractivity contribution in [2.24, 2.45) is 0 Å². The summed E-state index contributed by atoms with van der Waals surface area (Å²) in [7, 11) is 0. The van der Waals surface area contributed by atoms with Crippen LogP contribution in [0.5, 0.6) is 0 Å². The van der Waals surface area contributed by atoms with Crippen LogP contribution in [-0.2, 0) is 16.1 Å². The van der Waals surface area contributed by atoms with E-state index in [1.807, 2.05) is 20.8 Å². The molecule has 1 aromatic heterocycles. The van der Waals surface area contributed by atoms with Gasteiger partial charge in [0, 0.05) is 18.0 Å². The predicted octanol–water partition coefficient (Wildman–Crippen LogP) is 3.94. The van der Waals surface area contributed by atoms with Gasteiger partial charge in [-0.25, -0.2) is 9.37 Å². The Balaban J connectivity index is 1.69. The molecule has 1 aromatic carbocycles. The van der Waals surface area contributed by atoms with Crippen molar-refractivity contribution in [1.29, 1.82) is 0 Å². The Bertz CT molecular complexity index is 787. The maximum absolute atomic E-state index is 13.3. The third-order valence-corrected chi connectivity index (χ3v) is 5.67. The first-order valence-corrected chi connectivity index (χ1v) is 9.70. The van der Waals surface area contributed by atoms with Gasteiger partial charge in [0.05, 0.1) is 23.6 Å². The number of anilines is 1. The van der Waals surface area contributed by atoms with Crippen LogP contribution in [0.1, 0.15) is 31.2 Å². The highest BCUT2D eigenvalue weighted by molar-refractivity contribution is 8.00. The second-order valence-electron chi connectivity index (χ2n) is 6.57. The molecular formula is C19H24FN3O2S. The van der Waals surface area contributed by atoms with Gasteiger partial charge in [0.15, 0.2) is 5.16 Å². The number of aromatic nitrogens is 2. The van der Waals surface area contributed by atoms with E-state index in [-0.39, 0.29) is 23.1 Å². The number of rotatable bonds is 6. The number of aryl methyl sites for hydroxylation is 1. The Hall–Kier alpha value is -1.86. The molecule has 26 heavy (non-hydrogen) atoms. The highest BCUT2D eigenvalue weighted by Crippen LogP contribution is 2.28. The summed E-state index contributed by atoms with van der Waals surface area (Å²) in [4.78, 5) is 17.1. The molecule has 0 spiro atoms. The monoisotopic (exact) mass is 377 g/mol. The molecule has 5 nitrogen and oxygen atoms in total. The standard InChI is InChI=1S/C19H24FN3O2S/c1-12-13(2)23(11-17-8-5-9-25-17)19(21-12)26-14(3)18(24)22-16-7-4-6-15(20)10-16/h4,6-7,10,14,17H,5,8-9,11H2,1-3H3,(H,22,24)/t14-,17+/m1/s1. The molecule has 1 aliphatic rings. The van der Waals surface area contributed by atoms with Crippen molar-refractivity contribution < 1.29 is 13.9 Å². The van der Waals surface area contributed by atoms with Crippen molar-refractivity contribution in [3.63, 3.8) is 0 Å². The van der Waals surface area contributed by atoms with Gasteiger partial charge in [0.1, 0.15) is 5.82 Å². The molecule has 140 valence electrons. The first-order valence-electron chi connectivity index (χ1n) is 8.82. The van der Waals surface area contributed by atoms with Crippen molar-refractivity contribution in [3.05, 3.63) is 41.5 Å². The van der Waals surface area contributed by atoms with Gasteiger partial charge < -0.3 is 14.6 Å². The van der Waals surface area contributed by atoms with Gasteiger partial charge in [-0.15, -0.1) is 0 Å². The van der Waals surface area contributed by atoms with Gasteiger partial charge in [-0.2, -0.15) is 0 Å². The van der Waals surface area contributed by atoms with E-state index in [0.717, 1.165) is 42.5 Å². The summed E-state index contributed by atoms with van der Waals surface area (Å²) in [6, 6.07) is 5.90. The summed E-state index contributed by atoms with van der Waals surface area (Å²) in [5.41, 5.74) is 2.52. The molecule has 7 heteroatoms. The number of carbonyl (C=O) groups is 1. The van der Waals surface area contributed by atoms with Gasteiger partial charge >= 0.3 is 0 Å². The average Bonchev–Trinajstić information content (AvgIpc) is 3.19. The van der Waals surface area contributed by atoms with E-state index in [4.69, 9.17) is 4.74 Å². The first-order chi connectivity index (χ1) is 12.4. The zero-order chi connectivity index (χ0) is 18.7. The highest BCUT2D eigenvalue weighted by atomic mass is 32.2. The molecule has 1 saturated heterocycles. The Morgan fingerprint density at radius 2 is 2.31 bits per heavy atom. The minimum Gasteiger partial charge on any atom is -0.376 e. The van der Waals surface area contributed by atoms with Crippen molar-refractivity contribution in [1.82, 2.24) is 9.55 Å². The molecule has 1 N–H and O–H groups in total. The number of amides is 1. The number of hydrogen-bond donors (Lipinski definition) is 1. The van der Waals surface area contributed by atoms with Gasteiger partial charge in [-0.05, 0) is 51.8 Å². The molecule has 0 aliphatic carbocycles. The SMILES string of the molecule is Cc1nc(S[C@H](C)C(=O)Nc2cccc(F)c2)n(C[C@@H]2CCCO2)c1C. The summed E-state index contributed by atoms with van der Waals surface area (Å²) in [5, 5.41) is 3.21. The second kappa shape index (κ2) is 8.22. The van der Waals surface area contributed by atoms with Gasteiger partial charge in [-0.3, -0.25) is 4.79 Å². The van der Waals surface area contributed by atoms with Gasteiger partial charge in [0.25, 0.3) is 0 Å². The predicted molar refractivity (Wildman–Crippen MR) is 101 cm³/mol. The summed E-state index contributed by atoms with van der Waals surface area (Å²) < 4.78 is 21.2.